The molecule has 0 fully saturated rings. The number of rotatable bonds is 2. The monoisotopic (exact) mass is 117 g/mol. The zero-order valence-electron chi connectivity index (χ0n) is 3.83. The van der Waals surface area contributed by atoms with Gasteiger partial charge in [-0.3, -0.25) is 10.1 Å². The maximum Gasteiger partial charge on any atom is 0.406 e. The minimum atomic E-state index is -1.60. The Morgan fingerprint density at radius 1 is 1.75 bits per heavy atom. The van der Waals surface area contributed by atoms with E-state index in [-0.39, 0.29) is 0 Å². The summed E-state index contributed by atoms with van der Waals surface area (Å²) < 4.78 is 0. The second-order valence-corrected chi connectivity index (χ2v) is 1.01. The molecule has 5 heteroatoms. The van der Waals surface area contributed by atoms with E-state index < -0.39 is 16.6 Å². The first-order chi connectivity index (χ1) is 3.55. The molecule has 0 rings (SSSR count). The molecule has 0 atom stereocenters. The molecule has 0 aromatic rings. The summed E-state index contributed by atoms with van der Waals surface area (Å²) >= 11 is 0. The Balaban J connectivity index is 4.05. The number of hydrogen-bond acceptors (Lipinski definition) is 3. The van der Waals surface area contributed by atoms with Crippen molar-refractivity contribution in [1.29, 1.82) is 0 Å². The van der Waals surface area contributed by atoms with E-state index in [2.05, 4.69) is 6.58 Å². The Morgan fingerprint density at radius 3 is 2.12 bits per heavy atom. The molecular formula is C3H3NO4. The van der Waals surface area contributed by atoms with Crippen molar-refractivity contribution in [2.45, 2.75) is 0 Å². The maximum absolute atomic E-state index is 9.60. The fourth-order valence-corrected chi connectivity index (χ4v) is 0.0781. The van der Waals surface area contributed by atoms with Crippen molar-refractivity contribution in [3.8, 4) is 0 Å². The summed E-state index contributed by atoms with van der Waals surface area (Å²) in [6.07, 6.45) is 0. The lowest BCUT2D eigenvalue weighted by atomic mass is 10.5. The van der Waals surface area contributed by atoms with Crippen LogP contribution in [0.1, 0.15) is 0 Å². The minimum Gasteiger partial charge on any atom is -0.473 e. The first-order valence-electron chi connectivity index (χ1n) is 1.62. The number of nitro groups is 1. The zero-order valence-corrected chi connectivity index (χ0v) is 3.83. The first kappa shape index (κ1) is 6.61. The van der Waals surface area contributed by atoms with Gasteiger partial charge in [0, 0.05) is 0 Å². The predicted octanol–water partition coefficient (Wildman–Crippen LogP) is -0.139. The van der Waals surface area contributed by atoms with Crippen LogP contribution in [0.4, 0.5) is 0 Å². The fourth-order valence-electron chi connectivity index (χ4n) is 0.0781. The highest BCUT2D eigenvalue weighted by molar-refractivity contribution is 5.82. The molecule has 0 aromatic carbocycles. The number of carbonyl (C=O) groups is 1. The highest BCUT2D eigenvalue weighted by atomic mass is 16.6. The molecule has 0 aromatic heterocycles. The SMILES string of the molecule is C=C(C(=O)O)[N+](=O)[O-]. The Bertz CT molecular complexity index is 133. The third kappa shape index (κ3) is 1.38. The molecule has 0 aliphatic carbocycles. The van der Waals surface area contributed by atoms with Crippen molar-refractivity contribution >= 4 is 5.97 Å². The molecule has 0 saturated carbocycles. The number of nitrogens with zero attached hydrogens (tertiary/aromatic N) is 1. The summed E-state index contributed by atoms with van der Waals surface area (Å²) in [7, 11) is 0. The van der Waals surface area contributed by atoms with E-state index in [1.54, 1.807) is 0 Å². The van der Waals surface area contributed by atoms with Gasteiger partial charge in [0.05, 0.1) is 4.92 Å². The van der Waals surface area contributed by atoms with Gasteiger partial charge < -0.3 is 5.11 Å². The molecule has 0 amide bonds. The topological polar surface area (TPSA) is 80.4 Å². The Kier molecular flexibility index (Phi) is 1.70. The summed E-state index contributed by atoms with van der Waals surface area (Å²) in [5.41, 5.74) is -1.01. The summed E-state index contributed by atoms with van der Waals surface area (Å²) in [5.74, 6) is -1.60. The molecule has 0 radical (unpaired) electrons. The summed E-state index contributed by atoms with van der Waals surface area (Å²) in [6.45, 7) is 2.66. The molecule has 1 N–H and O–H groups in total. The Morgan fingerprint density at radius 2 is 2.12 bits per heavy atom. The molecule has 44 valence electrons. The van der Waals surface area contributed by atoms with Crippen LogP contribution in [0.25, 0.3) is 0 Å². The van der Waals surface area contributed by atoms with Gasteiger partial charge in [-0.1, -0.05) is 0 Å². The van der Waals surface area contributed by atoms with Gasteiger partial charge in [0.1, 0.15) is 0 Å². The lowest BCUT2D eigenvalue weighted by molar-refractivity contribution is -0.420. The average molecular weight is 117 g/mol. The molecular weight excluding hydrogens is 114 g/mol. The van der Waals surface area contributed by atoms with E-state index >= 15 is 0 Å². The second kappa shape index (κ2) is 2.06. The molecule has 0 unspecified atom stereocenters. The van der Waals surface area contributed by atoms with E-state index in [4.69, 9.17) is 5.11 Å². The molecule has 0 bridgehead atoms. The van der Waals surface area contributed by atoms with E-state index in [1.807, 2.05) is 0 Å². The molecule has 0 aliphatic heterocycles. The largest absolute Gasteiger partial charge is 0.473 e. The van der Waals surface area contributed by atoms with Gasteiger partial charge in [-0.25, -0.2) is 4.79 Å². The standard InChI is InChI=1S/C3H3NO4/c1-2(3(5)6)4(7)8/h1H2,(H,5,6). The van der Waals surface area contributed by atoms with Gasteiger partial charge in [0.15, 0.2) is 0 Å². The van der Waals surface area contributed by atoms with Crippen LogP contribution in [0.3, 0.4) is 0 Å². The van der Waals surface area contributed by atoms with Crippen molar-refractivity contribution in [2.24, 2.45) is 0 Å². The van der Waals surface area contributed by atoms with Gasteiger partial charge >= 0.3 is 11.7 Å². The molecule has 0 saturated heterocycles. The number of hydrogen-bond donors (Lipinski definition) is 1. The van der Waals surface area contributed by atoms with E-state index in [0.717, 1.165) is 0 Å². The van der Waals surface area contributed by atoms with Crippen LogP contribution in [-0.4, -0.2) is 16.0 Å². The van der Waals surface area contributed by atoms with Crippen molar-refractivity contribution < 1.29 is 14.8 Å². The quantitative estimate of drug-likeness (QED) is 0.310. The summed E-state index contributed by atoms with van der Waals surface area (Å²) in [4.78, 5) is 18.0. The molecule has 8 heavy (non-hydrogen) atoms. The third-order valence-corrected chi connectivity index (χ3v) is 0.467. The normalized spacial score (nSPS) is 8.00. The van der Waals surface area contributed by atoms with E-state index in [9.17, 15) is 14.9 Å². The van der Waals surface area contributed by atoms with E-state index in [1.165, 1.54) is 0 Å². The number of aliphatic carboxylic acids is 1. The molecule has 5 nitrogen and oxygen atoms in total. The van der Waals surface area contributed by atoms with Crippen LogP contribution in [0, 0.1) is 10.1 Å². The number of carboxylic acid groups (broad SMARTS) is 1. The fraction of sp³-hybridized carbons (Fsp3) is 0. The van der Waals surface area contributed by atoms with Crippen molar-refractivity contribution in [2.75, 3.05) is 0 Å². The van der Waals surface area contributed by atoms with Crippen LogP contribution < -0.4 is 0 Å². The zero-order chi connectivity index (χ0) is 6.73. The molecule has 0 heterocycles. The van der Waals surface area contributed by atoms with Gasteiger partial charge in [-0.2, -0.15) is 0 Å². The Hall–Kier alpha value is -1.39. The predicted molar refractivity (Wildman–Crippen MR) is 23.8 cm³/mol. The van der Waals surface area contributed by atoms with Crippen molar-refractivity contribution in [3.63, 3.8) is 0 Å². The Labute approximate surface area is 44.4 Å². The minimum absolute atomic E-state index is 1.01. The van der Waals surface area contributed by atoms with E-state index in [0.29, 0.717) is 0 Å². The maximum atomic E-state index is 9.60. The van der Waals surface area contributed by atoms with Crippen LogP contribution in [-0.2, 0) is 4.79 Å². The van der Waals surface area contributed by atoms with Gasteiger partial charge in [0.2, 0.25) is 0 Å². The van der Waals surface area contributed by atoms with Crippen LogP contribution in [0.2, 0.25) is 0 Å². The molecule has 0 spiro atoms. The summed E-state index contributed by atoms with van der Waals surface area (Å²) in [6, 6.07) is 0. The molecule has 0 aliphatic rings. The van der Waals surface area contributed by atoms with Crippen LogP contribution in [0.5, 0.6) is 0 Å². The average Bonchev–Trinajstić information content (AvgIpc) is 1.64. The third-order valence-electron chi connectivity index (χ3n) is 0.467. The van der Waals surface area contributed by atoms with Gasteiger partial charge in [-0.15, -0.1) is 0 Å². The first-order valence-corrected chi connectivity index (χ1v) is 1.62. The van der Waals surface area contributed by atoms with Crippen molar-refractivity contribution in [3.05, 3.63) is 22.4 Å². The van der Waals surface area contributed by atoms with Gasteiger partial charge in [0.25, 0.3) is 0 Å². The lowest BCUT2D eigenvalue weighted by Gasteiger charge is -1.83. The van der Waals surface area contributed by atoms with Gasteiger partial charge in [-0.05, 0) is 6.58 Å². The summed E-state index contributed by atoms with van der Waals surface area (Å²) in [5, 5.41) is 17.3. The van der Waals surface area contributed by atoms with Crippen LogP contribution >= 0.6 is 0 Å². The smallest absolute Gasteiger partial charge is 0.406 e. The highest BCUT2D eigenvalue weighted by Crippen LogP contribution is 1.87. The highest BCUT2D eigenvalue weighted by Gasteiger charge is 2.15. The second-order valence-electron chi connectivity index (χ2n) is 1.01. The van der Waals surface area contributed by atoms with Crippen LogP contribution in [0.15, 0.2) is 12.3 Å². The number of carboxylic acids is 1. The lowest BCUT2D eigenvalue weighted by Crippen LogP contribution is -2.07. The van der Waals surface area contributed by atoms with Crippen molar-refractivity contribution in [1.82, 2.24) is 0 Å².